The van der Waals surface area contributed by atoms with E-state index in [0.717, 1.165) is 48.9 Å². The predicted molar refractivity (Wildman–Crippen MR) is 194 cm³/mol. The van der Waals surface area contributed by atoms with Crippen LogP contribution in [-0.2, 0) is 46.5 Å². The number of methoxy groups -OCH3 is 2. The molecule has 49 heavy (non-hydrogen) atoms. The molecule has 0 aromatic heterocycles. The summed E-state index contributed by atoms with van der Waals surface area (Å²) < 4.78 is 54.9. The Kier molecular flexibility index (Phi) is 16.8. The first-order valence-electron chi connectivity index (χ1n) is 16.8. The van der Waals surface area contributed by atoms with Gasteiger partial charge in [-0.3, -0.25) is 0 Å². The van der Waals surface area contributed by atoms with Crippen molar-refractivity contribution >= 4 is 33.2 Å². The van der Waals surface area contributed by atoms with E-state index in [1.165, 1.54) is 18.4 Å². The van der Waals surface area contributed by atoms with Crippen LogP contribution in [0.25, 0.3) is 0 Å². The van der Waals surface area contributed by atoms with E-state index in [1.807, 2.05) is 55.5 Å². The number of morpholine rings is 2. The second-order valence-corrected chi connectivity index (χ2v) is 15.2. The summed E-state index contributed by atoms with van der Waals surface area (Å²) in [6.07, 6.45) is 3.98. The molecular weight excluding hydrogens is 687 g/mol. The Bertz CT molecular complexity index is 1460. The van der Waals surface area contributed by atoms with Crippen molar-refractivity contribution in [3.8, 4) is 0 Å². The van der Waals surface area contributed by atoms with E-state index in [-0.39, 0.29) is 24.8 Å². The number of hydrogen-bond donors (Lipinski definition) is 1. The molecule has 4 atom stereocenters. The van der Waals surface area contributed by atoms with E-state index in [2.05, 4.69) is 17.4 Å². The molecule has 3 heterocycles. The fourth-order valence-electron chi connectivity index (χ4n) is 5.72. The number of benzene rings is 3. The Labute approximate surface area is 302 Å². The minimum atomic E-state index is -3.64. The van der Waals surface area contributed by atoms with Crippen molar-refractivity contribution in [2.45, 2.75) is 61.8 Å². The zero-order valence-electron chi connectivity index (χ0n) is 28.7. The van der Waals surface area contributed by atoms with Crippen LogP contribution in [0.15, 0.2) is 77.7 Å². The van der Waals surface area contributed by atoms with Gasteiger partial charge >= 0.3 is 0 Å². The average molecular weight is 738 g/mol. The van der Waals surface area contributed by atoms with Gasteiger partial charge < -0.3 is 29.0 Å². The number of halogens is 2. The van der Waals surface area contributed by atoms with Crippen molar-refractivity contribution in [3.63, 3.8) is 0 Å². The molecule has 3 aromatic carbocycles. The summed E-state index contributed by atoms with van der Waals surface area (Å²) in [5, 5.41) is 4.91. The Morgan fingerprint density at radius 1 is 0.776 bits per heavy atom. The maximum absolute atomic E-state index is 13.3. The lowest BCUT2D eigenvalue weighted by Gasteiger charge is -2.38. The Hall–Kier alpha value is -2.09. The van der Waals surface area contributed by atoms with Gasteiger partial charge in [0, 0.05) is 56.6 Å². The van der Waals surface area contributed by atoms with Crippen molar-refractivity contribution in [2.75, 3.05) is 67.0 Å². The van der Waals surface area contributed by atoms with Crippen LogP contribution >= 0.6 is 23.2 Å². The Morgan fingerprint density at radius 3 is 1.84 bits per heavy atom. The summed E-state index contributed by atoms with van der Waals surface area (Å²) in [6.45, 7) is 7.12. The topological polar surface area (TPSA) is 95.6 Å². The van der Waals surface area contributed by atoms with Gasteiger partial charge in [0.2, 0.25) is 10.0 Å². The minimum absolute atomic E-state index is 0.182. The summed E-state index contributed by atoms with van der Waals surface area (Å²) in [5.41, 5.74) is 3.31. The summed E-state index contributed by atoms with van der Waals surface area (Å²) in [7, 11) is -0.353. The number of nitrogens with one attached hydrogen (secondary N) is 1. The van der Waals surface area contributed by atoms with E-state index < -0.39 is 10.0 Å². The number of nitrogens with zero attached hydrogens (tertiary/aromatic N) is 1. The Balaban J connectivity index is 0.000000207. The molecule has 0 spiro atoms. The van der Waals surface area contributed by atoms with Gasteiger partial charge in [0.1, 0.15) is 0 Å². The first-order valence-corrected chi connectivity index (χ1v) is 19.0. The molecule has 3 aliphatic heterocycles. The quantitative estimate of drug-likeness (QED) is 0.272. The second-order valence-electron chi connectivity index (χ2n) is 12.4. The van der Waals surface area contributed by atoms with Crippen LogP contribution in [0, 0.1) is 6.92 Å². The third-order valence-electron chi connectivity index (χ3n) is 8.42. The van der Waals surface area contributed by atoms with Crippen LogP contribution in [0.1, 0.15) is 29.5 Å². The highest BCUT2D eigenvalue weighted by atomic mass is 35.5. The molecule has 0 saturated carbocycles. The first-order chi connectivity index (χ1) is 23.7. The standard InChI is InChI=1S/C20H24ClNO4S.C13H18ClNO2.C4H8O/c1-15-3-9-20(10-4-15)27(23,24)22-12-19(14-25-2)26-13-18(22)11-16-5-7-17(21)8-6-16;1-16-9-13-7-15-12(8-17-13)6-10-2-4-11(14)5-3-10;1-2-4-5-3-1/h3-10,18-19H,11-14H2,1-2H3;2-5,12-13,15H,6-9H2,1H3;1-4H2/t18?,19-;12?,13-;/m11./s1. The van der Waals surface area contributed by atoms with Gasteiger partial charge in [-0.25, -0.2) is 8.42 Å². The number of aryl methyl sites for hydroxylation is 1. The van der Waals surface area contributed by atoms with E-state index in [9.17, 15) is 8.42 Å². The maximum Gasteiger partial charge on any atom is 0.243 e. The predicted octanol–water partition coefficient (Wildman–Crippen LogP) is 5.98. The van der Waals surface area contributed by atoms with Gasteiger partial charge in [-0.2, -0.15) is 4.31 Å². The lowest BCUT2D eigenvalue weighted by molar-refractivity contribution is -0.0633. The largest absolute Gasteiger partial charge is 0.382 e. The van der Waals surface area contributed by atoms with Crippen molar-refractivity contribution in [3.05, 3.63) is 99.5 Å². The molecule has 0 aliphatic carbocycles. The number of ether oxygens (including phenoxy) is 5. The van der Waals surface area contributed by atoms with E-state index in [1.54, 1.807) is 30.7 Å². The molecule has 0 radical (unpaired) electrons. The monoisotopic (exact) mass is 736 g/mol. The van der Waals surface area contributed by atoms with Crippen molar-refractivity contribution in [1.82, 2.24) is 9.62 Å². The molecule has 12 heteroatoms. The van der Waals surface area contributed by atoms with Crippen molar-refractivity contribution in [1.29, 1.82) is 0 Å². The van der Waals surface area contributed by atoms with E-state index in [0.29, 0.717) is 42.2 Å². The molecule has 0 amide bonds. The number of hydrogen-bond acceptors (Lipinski definition) is 8. The van der Waals surface area contributed by atoms with E-state index in [4.69, 9.17) is 46.9 Å². The van der Waals surface area contributed by atoms with Gasteiger partial charge in [0.05, 0.1) is 49.6 Å². The molecule has 3 saturated heterocycles. The molecule has 6 rings (SSSR count). The van der Waals surface area contributed by atoms with Crippen LogP contribution in [0.2, 0.25) is 10.0 Å². The zero-order valence-corrected chi connectivity index (χ0v) is 31.0. The molecule has 3 fully saturated rings. The highest BCUT2D eigenvalue weighted by Crippen LogP contribution is 2.26. The normalized spacial score (nSPS) is 22.8. The molecule has 0 bridgehead atoms. The van der Waals surface area contributed by atoms with Gasteiger partial charge in [0.25, 0.3) is 0 Å². The Morgan fingerprint density at radius 2 is 1.33 bits per heavy atom. The third kappa shape index (κ3) is 13.2. The second kappa shape index (κ2) is 20.7. The van der Waals surface area contributed by atoms with Crippen molar-refractivity contribution in [2.24, 2.45) is 0 Å². The summed E-state index contributed by atoms with van der Waals surface area (Å²) in [6, 6.07) is 22.5. The smallest absolute Gasteiger partial charge is 0.243 e. The minimum Gasteiger partial charge on any atom is -0.382 e. The fourth-order valence-corrected chi connectivity index (χ4v) is 7.61. The van der Waals surface area contributed by atoms with Crippen LogP contribution in [-0.4, -0.2) is 104 Å². The van der Waals surface area contributed by atoms with Crippen molar-refractivity contribution < 1.29 is 32.1 Å². The molecule has 1 N–H and O–H groups in total. The number of sulfonamides is 1. The van der Waals surface area contributed by atoms with Gasteiger partial charge in [-0.1, -0.05) is 65.2 Å². The SMILES string of the molecule is C1CCOC1.COC[C@H]1CN(S(=O)(=O)c2ccc(C)cc2)C(Cc2ccc(Cl)cc2)CO1.COC[C@H]1CNC(Cc2ccc(Cl)cc2)CO1. The summed E-state index contributed by atoms with van der Waals surface area (Å²) in [5.74, 6) is 0. The van der Waals surface area contributed by atoms with Gasteiger partial charge in [-0.05, 0) is 80.1 Å². The van der Waals surface area contributed by atoms with Crippen LogP contribution in [0.5, 0.6) is 0 Å². The number of rotatable bonds is 10. The average Bonchev–Trinajstić information content (AvgIpc) is 3.70. The molecular formula is C37H50Cl2N2O7S. The molecule has 3 aliphatic rings. The van der Waals surface area contributed by atoms with Crippen LogP contribution in [0.4, 0.5) is 0 Å². The van der Waals surface area contributed by atoms with E-state index >= 15 is 0 Å². The summed E-state index contributed by atoms with van der Waals surface area (Å²) in [4.78, 5) is 0.298. The van der Waals surface area contributed by atoms with Gasteiger partial charge in [0.15, 0.2) is 0 Å². The third-order valence-corrected chi connectivity index (χ3v) is 10.9. The fraction of sp³-hybridized carbons (Fsp3) is 0.514. The zero-order chi connectivity index (χ0) is 35.1. The maximum atomic E-state index is 13.3. The highest BCUT2D eigenvalue weighted by Gasteiger charge is 2.37. The molecule has 2 unspecified atom stereocenters. The van der Waals surface area contributed by atoms with Gasteiger partial charge in [-0.15, -0.1) is 0 Å². The lowest BCUT2D eigenvalue weighted by atomic mass is 10.1. The molecule has 270 valence electrons. The summed E-state index contributed by atoms with van der Waals surface area (Å²) >= 11 is 11.8. The van der Waals surface area contributed by atoms with Crippen LogP contribution in [0.3, 0.4) is 0 Å². The first kappa shape index (κ1) is 39.7. The van der Waals surface area contributed by atoms with Crippen LogP contribution < -0.4 is 5.32 Å². The lowest BCUT2D eigenvalue weighted by Crippen LogP contribution is -2.54. The molecule has 9 nitrogen and oxygen atoms in total. The highest BCUT2D eigenvalue weighted by molar-refractivity contribution is 7.89. The molecule has 3 aromatic rings.